The minimum Gasteiger partial charge on any atom is -0.371 e. The molecule has 1 aliphatic heterocycles. The molecule has 128 valence electrons. The maximum Gasteiger partial charge on any atom is 0.317 e. The summed E-state index contributed by atoms with van der Waals surface area (Å²) in [7, 11) is 0. The fourth-order valence-electron chi connectivity index (χ4n) is 3.85. The molecule has 2 heterocycles. The molecule has 1 saturated carbocycles. The van der Waals surface area contributed by atoms with Gasteiger partial charge in [-0.3, -0.25) is 5.10 Å². The summed E-state index contributed by atoms with van der Waals surface area (Å²) in [6, 6.07) is 0.0558. The van der Waals surface area contributed by atoms with Crippen LogP contribution in [0.15, 0.2) is 0 Å². The number of aryl methyl sites for hydroxylation is 2. The van der Waals surface area contributed by atoms with Crippen molar-refractivity contribution in [2.75, 3.05) is 26.2 Å². The molecule has 0 unspecified atom stereocenters. The zero-order valence-electron chi connectivity index (χ0n) is 14.3. The van der Waals surface area contributed by atoms with Gasteiger partial charge in [-0.25, -0.2) is 4.79 Å². The average molecular weight is 320 g/mol. The van der Waals surface area contributed by atoms with Crippen LogP contribution in [0.4, 0.5) is 4.79 Å². The summed E-state index contributed by atoms with van der Waals surface area (Å²) in [5, 5.41) is 10.3. The van der Waals surface area contributed by atoms with E-state index in [2.05, 4.69) is 15.5 Å². The molecule has 0 radical (unpaired) electrons. The van der Waals surface area contributed by atoms with Gasteiger partial charge in [-0.15, -0.1) is 0 Å². The molecule has 1 aliphatic carbocycles. The lowest BCUT2D eigenvalue weighted by Gasteiger charge is -2.40. The lowest BCUT2D eigenvalue weighted by atomic mass is 10.00. The molecule has 1 spiro atoms. The largest absolute Gasteiger partial charge is 0.371 e. The predicted molar refractivity (Wildman–Crippen MR) is 88.5 cm³/mol. The number of hydrogen-bond acceptors (Lipinski definition) is 3. The number of rotatable bonds is 4. The van der Waals surface area contributed by atoms with E-state index in [1.807, 2.05) is 18.7 Å². The number of aromatic amines is 1. The Kier molecular flexibility index (Phi) is 4.90. The SMILES string of the molecule is Cc1n[nH]c(C)c1CCCNC(=O)N1CCOC2(CCCC2)C1. The monoisotopic (exact) mass is 320 g/mol. The van der Waals surface area contributed by atoms with Crippen molar-refractivity contribution in [3.63, 3.8) is 0 Å². The number of urea groups is 1. The standard InChI is InChI=1S/C17H28N4O2/c1-13-15(14(2)20-19-13)6-5-9-18-16(22)21-10-11-23-17(12-21)7-3-4-8-17/h3-12H2,1-2H3,(H,18,22)(H,19,20). The van der Waals surface area contributed by atoms with Gasteiger partial charge < -0.3 is 15.0 Å². The molecule has 2 fully saturated rings. The third kappa shape index (κ3) is 3.68. The highest BCUT2D eigenvalue weighted by atomic mass is 16.5. The van der Waals surface area contributed by atoms with Crippen molar-refractivity contribution in [3.8, 4) is 0 Å². The molecule has 3 rings (SSSR count). The highest BCUT2D eigenvalue weighted by Crippen LogP contribution is 2.35. The fourth-order valence-corrected chi connectivity index (χ4v) is 3.85. The van der Waals surface area contributed by atoms with Crippen LogP contribution in [0.2, 0.25) is 0 Å². The summed E-state index contributed by atoms with van der Waals surface area (Å²) in [5.41, 5.74) is 3.41. The van der Waals surface area contributed by atoms with E-state index < -0.39 is 0 Å². The Bertz CT molecular complexity index is 529. The lowest BCUT2D eigenvalue weighted by molar-refractivity contribution is -0.0925. The second kappa shape index (κ2) is 6.91. The molecule has 0 atom stereocenters. The van der Waals surface area contributed by atoms with Crippen LogP contribution in [-0.4, -0.2) is 53.0 Å². The van der Waals surface area contributed by atoms with Gasteiger partial charge in [-0.2, -0.15) is 5.10 Å². The molecule has 1 saturated heterocycles. The van der Waals surface area contributed by atoms with Crippen LogP contribution < -0.4 is 5.32 Å². The van der Waals surface area contributed by atoms with Gasteiger partial charge >= 0.3 is 6.03 Å². The first-order valence-electron chi connectivity index (χ1n) is 8.77. The Morgan fingerprint density at radius 1 is 1.39 bits per heavy atom. The van der Waals surface area contributed by atoms with Crippen molar-refractivity contribution in [2.45, 2.75) is 58.0 Å². The van der Waals surface area contributed by atoms with Gasteiger partial charge in [0.1, 0.15) is 0 Å². The third-order valence-corrected chi connectivity index (χ3v) is 5.21. The van der Waals surface area contributed by atoms with Crippen molar-refractivity contribution in [2.24, 2.45) is 0 Å². The molecular formula is C17H28N4O2. The lowest BCUT2D eigenvalue weighted by Crippen LogP contribution is -2.55. The topological polar surface area (TPSA) is 70.2 Å². The minimum absolute atomic E-state index is 0.0550. The van der Waals surface area contributed by atoms with Gasteiger partial charge in [0.05, 0.1) is 24.4 Å². The maximum atomic E-state index is 12.4. The minimum atomic E-state index is -0.0550. The quantitative estimate of drug-likeness (QED) is 0.836. The van der Waals surface area contributed by atoms with Gasteiger partial charge in [0.15, 0.2) is 0 Å². The van der Waals surface area contributed by atoms with E-state index in [1.165, 1.54) is 18.4 Å². The van der Waals surface area contributed by atoms with Crippen LogP contribution >= 0.6 is 0 Å². The number of carbonyl (C=O) groups is 1. The van der Waals surface area contributed by atoms with E-state index in [0.717, 1.165) is 43.6 Å². The number of hydrogen-bond donors (Lipinski definition) is 2. The summed E-state index contributed by atoms with van der Waals surface area (Å²) in [6.45, 7) is 6.88. The van der Waals surface area contributed by atoms with Crippen LogP contribution in [0.3, 0.4) is 0 Å². The Balaban J connectivity index is 1.42. The smallest absolute Gasteiger partial charge is 0.317 e. The van der Waals surface area contributed by atoms with Gasteiger partial charge in [-0.05, 0) is 45.1 Å². The maximum absolute atomic E-state index is 12.4. The van der Waals surface area contributed by atoms with E-state index in [0.29, 0.717) is 19.7 Å². The molecule has 0 aromatic carbocycles. The summed E-state index contributed by atoms with van der Waals surface area (Å²) < 4.78 is 5.98. The summed E-state index contributed by atoms with van der Waals surface area (Å²) in [6.07, 6.45) is 6.51. The number of nitrogens with one attached hydrogen (secondary N) is 2. The number of aromatic nitrogens is 2. The third-order valence-electron chi connectivity index (χ3n) is 5.21. The number of H-pyrrole nitrogens is 1. The van der Waals surface area contributed by atoms with Gasteiger partial charge in [-0.1, -0.05) is 12.8 Å². The second-order valence-corrected chi connectivity index (χ2v) is 6.91. The number of morpholine rings is 1. The van der Waals surface area contributed by atoms with Crippen LogP contribution in [0, 0.1) is 13.8 Å². The van der Waals surface area contributed by atoms with Crippen LogP contribution in [0.1, 0.15) is 49.1 Å². The fraction of sp³-hybridized carbons (Fsp3) is 0.765. The Hall–Kier alpha value is -1.56. The molecule has 2 aliphatic rings. The van der Waals surface area contributed by atoms with Gasteiger partial charge in [0.2, 0.25) is 0 Å². The normalized spacial score (nSPS) is 20.2. The predicted octanol–water partition coefficient (Wildman–Crippen LogP) is 2.31. The highest BCUT2D eigenvalue weighted by molar-refractivity contribution is 5.74. The molecule has 2 amide bonds. The van der Waals surface area contributed by atoms with Crippen molar-refractivity contribution in [1.82, 2.24) is 20.4 Å². The van der Waals surface area contributed by atoms with Crippen molar-refractivity contribution in [3.05, 3.63) is 17.0 Å². The number of carbonyl (C=O) groups excluding carboxylic acids is 1. The Morgan fingerprint density at radius 3 is 2.87 bits per heavy atom. The number of nitrogens with zero attached hydrogens (tertiary/aromatic N) is 2. The Morgan fingerprint density at radius 2 is 2.17 bits per heavy atom. The van der Waals surface area contributed by atoms with E-state index in [1.54, 1.807) is 0 Å². The van der Waals surface area contributed by atoms with Crippen LogP contribution in [-0.2, 0) is 11.2 Å². The molecule has 6 nitrogen and oxygen atoms in total. The van der Waals surface area contributed by atoms with Crippen LogP contribution in [0.25, 0.3) is 0 Å². The first kappa shape index (κ1) is 16.3. The Labute approximate surface area is 138 Å². The first-order chi connectivity index (χ1) is 11.1. The van der Waals surface area contributed by atoms with E-state index >= 15 is 0 Å². The molecule has 6 heteroatoms. The zero-order chi connectivity index (χ0) is 16.3. The van der Waals surface area contributed by atoms with Crippen molar-refractivity contribution in [1.29, 1.82) is 0 Å². The van der Waals surface area contributed by atoms with Crippen molar-refractivity contribution < 1.29 is 9.53 Å². The van der Waals surface area contributed by atoms with E-state index in [4.69, 9.17) is 4.74 Å². The molecule has 23 heavy (non-hydrogen) atoms. The average Bonchev–Trinajstić information content (AvgIpc) is 3.12. The summed E-state index contributed by atoms with van der Waals surface area (Å²) in [5.74, 6) is 0. The molecular weight excluding hydrogens is 292 g/mol. The van der Waals surface area contributed by atoms with Crippen molar-refractivity contribution >= 4 is 6.03 Å². The van der Waals surface area contributed by atoms with Gasteiger partial charge in [0, 0.05) is 18.8 Å². The second-order valence-electron chi connectivity index (χ2n) is 6.91. The molecule has 0 bridgehead atoms. The number of amides is 2. The molecule has 2 N–H and O–H groups in total. The molecule has 1 aromatic rings. The van der Waals surface area contributed by atoms with Crippen LogP contribution in [0.5, 0.6) is 0 Å². The number of ether oxygens (including phenoxy) is 1. The van der Waals surface area contributed by atoms with E-state index in [-0.39, 0.29) is 11.6 Å². The molecule has 1 aromatic heterocycles. The first-order valence-corrected chi connectivity index (χ1v) is 8.77. The van der Waals surface area contributed by atoms with Gasteiger partial charge in [0.25, 0.3) is 0 Å². The highest BCUT2D eigenvalue weighted by Gasteiger charge is 2.40. The van der Waals surface area contributed by atoms with E-state index in [9.17, 15) is 4.79 Å². The summed E-state index contributed by atoms with van der Waals surface area (Å²) in [4.78, 5) is 14.3. The zero-order valence-corrected chi connectivity index (χ0v) is 14.3. The summed E-state index contributed by atoms with van der Waals surface area (Å²) >= 11 is 0.